The number of terminal acetylenes is 1. The zero-order valence-electron chi connectivity index (χ0n) is 21.4. The zero-order chi connectivity index (χ0) is 26.2. The van der Waals surface area contributed by atoms with E-state index < -0.39 is 6.04 Å². The minimum atomic E-state index is -0.463. The quantitative estimate of drug-likeness (QED) is 0.280. The third kappa shape index (κ3) is 9.68. The lowest BCUT2D eigenvalue weighted by Gasteiger charge is -2.31. The first-order valence-electron chi connectivity index (χ1n) is 12.4. The molecule has 0 bridgehead atoms. The third-order valence-corrected chi connectivity index (χ3v) is 5.65. The molecule has 194 valence electrons. The van der Waals surface area contributed by atoms with Gasteiger partial charge in [0.15, 0.2) is 0 Å². The molecule has 2 aliphatic heterocycles. The largest absolute Gasteiger partial charge is 0.375 e. The molecule has 1 aromatic rings. The maximum atomic E-state index is 13.1. The van der Waals surface area contributed by atoms with E-state index in [0.29, 0.717) is 32.6 Å². The number of nitrogens with two attached hydrogens (primary N) is 1. The summed E-state index contributed by atoms with van der Waals surface area (Å²) in [5.74, 6) is 2.66. The molecular weight excluding hydrogens is 454 g/mol. The molecule has 0 aromatic heterocycles. The fourth-order valence-corrected chi connectivity index (χ4v) is 3.97. The first-order chi connectivity index (χ1) is 17.5. The summed E-state index contributed by atoms with van der Waals surface area (Å²) in [5.41, 5.74) is 7.59. The normalized spacial score (nSPS) is 18.9. The van der Waals surface area contributed by atoms with E-state index >= 15 is 0 Å². The Balaban J connectivity index is 0.000000319. The first-order valence-corrected chi connectivity index (χ1v) is 12.4. The van der Waals surface area contributed by atoms with Crippen molar-refractivity contribution in [1.29, 1.82) is 0 Å². The third-order valence-electron chi connectivity index (χ3n) is 5.65. The van der Waals surface area contributed by atoms with Crippen molar-refractivity contribution in [3.05, 3.63) is 59.7 Å². The van der Waals surface area contributed by atoms with Crippen molar-refractivity contribution in [2.24, 2.45) is 10.7 Å². The lowest BCUT2D eigenvalue weighted by Crippen LogP contribution is -2.49. The molecule has 0 spiro atoms. The molecule has 8 nitrogen and oxygen atoms in total. The number of carbonyl (C=O) groups is 2. The summed E-state index contributed by atoms with van der Waals surface area (Å²) >= 11 is 0. The second kappa shape index (κ2) is 16.3. The average molecular weight is 494 g/mol. The van der Waals surface area contributed by atoms with Crippen LogP contribution in [-0.4, -0.2) is 72.9 Å². The van der Waals surface area contributed by atoms with Gasteiger partial charge in [0.05, 0.1) is 26.1 Å². The van der Waals surface area contributed by atoms with Crippen LogP contribution in [0.3, 0.4) is 0 Å². The van der Waals surface area contributed by atoms with Crippen LogP contribution >= 0.6 is 0 Å². The number of amides is 2. The van der Waals surface area contributed by atoms with Gasteiger partial charge in [0.1, 0.15) is 12.2 Å². The number of hydrogen-bond acceptors (Lipinski definition) is 6. The molecule has 0 saturated carbocycles. The minimum absolute atomic E-state index is 0.0621. The van der Waals surface area contributed by atoms with Crippen LogP contribution in [0.1, 0.15) is 38.7 Å². The first kappa shape index (κ1) is 28.8. The van der Waals surface area contributed by atoms with Gasteiger partial charge in [-0.25, -0.2) is 4.99 Å². The van der Waals surface area contributed by atoms with E-state index in [0.717, 1.165) is 31.5 Å². The molecule has 36 heavy (non-hydrogen) atoms. The monoisotopic (exact) mass is 493 g/mol. The van der Waals surface area contributed by atoms with Crippen LogP contribution in [0.25, 0.3) is 0 Å². The van der Waals surface area contributed by atoms with Crippen molar-refractivity contribution in [3.63, 3.8) is 0 Å². The van der Waals surface area contributed by atoms with E-state index in [1.54, 1.807) is 6.34 Å². The number of rotatable bonds is 11. The van der Waals surface area contributed by atoms with Gasteiger partial charge in [0, 0.05) is 25.6 Å². The highest BCUT2D eigenvalue weighted by Gasteiger charge is 2.34. The summed E-state index contributed by atoms with van der Waals surface area (Å²) in [7, 11) is 0. The lowest BCUT2D eigenvalue weighted by molar-refractivity contribution is -0.133. The molecule has 3 atom stereocenters. The predicted molar refractivity (Wildman–Crippen MR) is 144 cm³/mol. The van der Waals surface area contributed by atoms with Gasteiger partial charge >= 0.3 is 0 Å². The van der Waals surface area contributed by atoms with E-state index in [9.17, 15) is 9.59 Å². The second-order valence-corrected chi connectivity index (χ2v) is 8.79. The maximum Gasteiger partial charge on any atom is 0.249 e. The Kier molecular flexibility index (Phi) is 13.0. The molecule has 3 N–H and O–H groups in total. The minimum Gasteiger partial charge on any atom is -0.375 e. The van der Waals surface area contributed by atoms with E-state index in [2.05, 4.69) is 16.2 Å². The van der Waals surface area contributed by atoms with Crippen molar-refractivity contribution in [2.45, 2.75) is 58.0 Å². The van der Waals surface area contributed by atoms with E-state index in [-0.39, 0.29) is 18.1 Å². The van der Waals surface area contributed by atoms with Crippen LogP contribution in [0.4, 0.5) is 0 Å². The summed E-state index contributed by atoms with van der Waals surface area (Å²) in [6.45, 7) is 7.16. The summed E-state index contributed by atoms with van der Waals surface area (Å²) in [4.78, 5) is 31.7. The Labute approximate surface area is 215 Å². The topological polar surface area (TPSA) is 100 Å². The van der Waals surface area contributed by atoms with Crippen LogP contribution in [0, 0.1) is 12.3 Å². The van der Waals surface area contributed by atoms with Crippen LogP contribution in [0.5, 0.6) is 0 Å². The Morgan fingerprint density at radius 1 is 1.33 bits per heavy atom. The second-order valence-electron chi connectivity index (χ2n) is 8.79. The molecular formula is C28H39N5O3. The zero-order valence-corrected chi connectivity index (χ0v) is 21.4. The molecule has 1 fully saturated rings. The highest BCUT2D eigenvalue weighted by atomic mass is 16.5. The number of likely N-dealkylation sites (tertiary alicyclic amines) is 1. The fourth-order valence-electron chi connectivity index (χ4n) is 3.97. The fraction of sp³-hybridized carbons (Fsp3) is 0.464. The van der Waals surface area contributed by atoms with Gasteiger partial charge in [0.25, 0.3) is 0 Å². The number of aliphatic imine (C=N–C) groups is 1. The van der Waals surface area contributed by atoms with E-state index in [4.69, 9.17) is 16.9 Å². The molecule has 8 heteroatoms. The summed E-state index contributed by atoms with van der Waals surface area (Å²) in [6.07, 6.45) is 15.6. The number of ether oxygens (including phenoxy) is 1. The van der Waals surface area contributed by atoms with Gasteiger partial charge in [0.2, 0.25) is 12.3 Å². The van der Waals surface area contributed by atoms with Crippen LogP contribution in [0.15, 0.2) is 59.1 Å². The van der Waals surface area contributed by atoms with Crippen LogP contribution in [0.2, 0.25) is 0 Å². The lowest BCUT2D eigenvalue weighted by atomic mass is 10.0. The molecule has 0 radical (unpaired) electrons. The highest BCUT2D eigenvalue weighted by molar-refractivity contribution is 5.88. The van der Waals surface area contributed by atoms with Gasteiger partial charge in [-0.2, -0.15) is 0 Å². The van der Waals surface area contributed by atoms with Crippen molar-refractivity contribution in [1.82, 2.24) is 15.1 Å². The molecule has 3 rings (SSSR count). The Morgan fingerprint density at radius 3 is 2.67 bits per heavy atom. The molecule has 0 aliphatic carbocycles. The molecule has 2 unspecified atom stereocenters. The van der Waals surface area contributed by atoms with E-state index in [1.165, 1.54) is 5.56 Å². The molecule has 2 amide bonds. The number of benzene rings is 1. The highest BCUT2D eigenvalue weighted by Crippen LogP contribution is 2.21. The molecule has 1 saturated heterocycles. The molecule has 2 aliphatic rings. The van der Waals surface area contributed by atoms with E-state index in [1.807, 2.05) is 72.2 Å². The average Bonchev–Trinajstić information content (AvgIpc) is 3.57. The van der Waals surface area contributed by atoms with Crippen molar-refractivity contribution >= 4 is 18.7 Å². The molecule has 2 heterocycles. The Bertz CT molecular complexity index is 930. The summed E-state index contributed by atoms with van der Waals surface area (Å²) in [6, 6.07) is 9.75. The Hall–Kier alpha value is -3.41. The smallest absolute Gasteiger partial charge is 0.249 e. The van der Waals surface area contributed by atoms with Gasteiger partial charge in [-0.3, -0.25) is 9.59 Å². The maximum absolute atomic E-state index is 13.1. The van der Waals surface area contributed by atoms with Crippen LogP contribution < -0.4 is 11.1 Å². The van der Waals surface area contributed by atoms with Crippen molar-refractivity contribution in [3.8, 4) is 12.3 Å². The number of nitrogens with one attached hydrogen (secondary N) is 1. The van der Waals surface area contributed by atoms with Gasteiger partial charge in [-0.1, -0.05) is 48.6 Å². The standard InChI is InChI=1S/C18H24N4O2.C10H15NO/c1-3-5-9-15(8-4-2)17(18(24)21-10-6-7-11-21)22-12-16(19-13-22)20-14-23;1-9(11)7-12-8-10-5-3-2-4-6-10/h1,4,8-9,13-14,16-17H,5-7,10-12H2,2H3,(H,20,23);2-6,9H,7-8,11H2,1H3/b8-4-,15-9+;/t16?,17-;/m0./s1. The molecule has 1 aromatic carbocycles. The Morgan fingerprint density at radius 2 is 2.06 bits per heavy atom. The number of hydrogen-bond donors (Lipinski definition) is 2. The van der Waals surface area contributed by atoms with Gasteiger partial charge in [-0.15, -0.1) is 12.3 Å². The number of nitrogens with zero attached hydrogens (tertiary/aromatic N) is 3. The van der Waals surface area contributed by atoms with Crippen LogP contribution in [-0.2, 0) is 20.9 Å². The number of carbonyl (C=O) groups excluding carboxylic acids is 2. The van der Waals surface area contributed by atoms with Crippen molar-refractivity contribution in [2.75, 3.05) is 26.2 Å². The summed E-state index contributed by atoms with van der Waals surface area (Å²) < 4.78 is 5.36. The predicted octanol–water partition coefficient (Wildman–Crippen LogP) is 2.47. The SMILES string of the molecule is C#CC/C=C(\C=C/C)[C@@H](C(=O)N1CCCC1)N1C=NC(NC=O)C1.CC(N)COCc1ccccc1. The number of allylic oxidation sites excluding steroid dienone is 2. The van der Waals surface area contributed by atoms with Crippen molar-refractivity contribution < 1.29 is 14.3 Å². The van der Waals surface area contributed by atoms with Gasteiger partial charge < -0.3 is 25.6 Å². The van der Waals surface area contributed by atoms with Gasteiger partial charge in [-0.05, 0) is 37.8 Å². The summed E-state index contributed by atoms with van der Waals surface area (Å²) in [5, 5.41) is 2.64.